The van der Waals surface area contributed by atoms with Gasteiger partial charge in [0.05, 0.1) is 31.4 Å². The summed E-state index contributed by atoms with van der Waals surface area (Å²) in [6, 6.07) is 5.76. The van der Waals surface area contributed by atoms with Crippen LogP contribution in [0.25, 0.3) is 11.0 Å². The highest BCUT2D eigenvalue weighted by Gasteiger charge is 2.42. The number of likely N-dealkylation sites (tertiary alicyclic amines) is 1. The van der Waals surface area contributed by atoms with Crippen LogP contribution in [0.5, 0.6) is 5.75 Å². The first kappa shape index (κ1) is 21.5. The predicted octanol–water partition coefficient (Wildman–Crippen LogP) is 2.52. The van der Waals surface area contributed by atoms with E-state index in [9.17, 15) is 9.59 Å². The number of carbonyl (C=O) groups is 1. The number of amides is 1. The van der Waals surface area contributed by atoms with E-state index in [-0.39, 0.29) is 17.5 Å². The van der Waals surface area contributed by atoms with Crippen molar-refractivity contribution in [1.82, 2.24) is 14.0 Å². The van der Waals surface area contributed by atoms with Gasteiger partial charge in [-0.1, -0.05) is 0 Å². The van der Waals surface area contributed by atoms with E-state index in [1.807, 2.05) is 34.7 Å². The number of aryl methyl sites for hydroxylation is 1. The van der Waals surface area contributed by atoms with Gasteiger partial charge < -0.3 is 19.1 Å². The van der Waals surface area contributed by atoms with Crippen molar-refractivity contribution in [3.05, 3.63) is 28.7 Å². The number of methoxy groups -OCH3 is 1. The molecule has 0 bridgehead atoms. The Bertz CT molecular complexity index is 1030. The van der Waals surface area contributed by atoms with Gasteiger partial charge in [0.15, 0.2) is 5.79 Å². The first-order valence-corrected chi connectivity index (χ1v) is 11.8. The molecule has 1 spiro atoms. The second-order valence-corrected chi connectivity index (χ2v) is 9.46. The van der Waals surface area contributed by atoms with Crippen LogP contribution in [0.2, 0.25) is 0 Å². The molecule has 2 aromatic rings. The molecular weight excluding hydrogens is 410 g/mol. The van der Waals surface area contributed by atoms with Gasteiger partial charge in [-0.25, -0.2) is 4.79 Å². The number of aromatic nitrogens is 2. The molecule has 2 saturated heterocycles. The molecule has 0 unspecified atom stereocenters. The Hall–Kier alpha value is -2.32. The Labute approximate surface area is 188 Å². The molecule has 0 N–H and O–H groups in total. The van der Waals surface area contributed by atoms with E-state index in [2.05, 4.69) is 0 Å². The lowest BCUT2D eigenvalue weighted by Crippen LogP contribution is -2.49. The second kappa shape index (κ2) is 8.56. The summed E-state index contributed by atoms with van der Waals surface area (Å²) in [5, 5.41) is 0. The van der Waals surface area contributed by atoms with Crippen molar-refractivity contribution < 1.29 is 19.0 Å². The molecule has 1 aromatic carbocycles. The molecule has 1 aliphatic carbocycles. The minimum absolute atomic E-state index is 0.00468. The molecule has 0 atom stereocenters. The maximum absolute atomic E-state index is 13.1. The number of benzene rings is 1. The maximum atomic E-state index is 13.1. The number of hydrogen-bond donors (Lipinski definition) is 0. The van der Waals surface area contributed by atoms with Crippen LogP contribution in [0.4, 0.5) is 0 Å². The fourth-order valence-electron chi connectivity index (χ4n) is 5.66. The maximum Gasteiger partial charge on any atom is 0.328 e. The number of piperidine rings is 1. The number of imidazole rings is 1. The Balaban J connectivity index is 1.20. The topological polar surface area (TPSA) is 74.9 Å². The molecule has 5 rings (SSSR count). The smallest absolute Gasteiger partial charge is 0.328 e. The summed E-state index contributed by atoms with van der Waals surface area (Å²) in [6.45, 7) is 3.43. The molecule has 1 amide bonds. The average molecular weight is 444 g/mol. The number of rotatable bonds is 4. The quantitative estimate of drug-likeness (QED) is 0.726. The van der Waals surface area contributed by atoms with Crippen molar-refractivity contribution in [2.45, 2.75) is 50.9 Å². The number of fused-ring (bicyclic) bond motifs is 1. The van der Waals surface area contributed by atoms with Gasteiger partial charge >= 0.3 is 5.69 Å². The third-order valence-electron chi connectivity index (χ3n) is 7.64. The fraction of sp³-hybridized carbons (Fsp3) is 0.667. The van der Waals surface area contributed by atoms with E-state index in [0.717, 1.165) is 55.3 Å². The molecule has 32 heavy (non-hydrogen) atoms. The highest BCUT2D eigenvalue weighted by molar-refractivity contribution is 5.79. The van der Waals surface area contributed by atoms with Gasteiger partial charge in [-0.15, -0.1) is 0 Å². The van der Waals surface area contributed by atoms with Crippen LogP contribution >= 0.6 is 0 Å². The monoisotopic (exact) mass is 443 g/mol. The molecule has 1 saturated carbocycles. The van der Waals surface area contributed by atoms with Gasteiger partial charge in [-0.2, -0.15) is 0 Å². The Morgan fingerprint density at radius 1 is 1.09 bits per heavy atom. The van der Waals surface area contributed by atoms with E-state index >= 15 is 0 Å². The average Bonchev–Trinajstić information content (AvgIpc) is 3.38. The molecule has 2 aliphatic heterocycles. The number of hydrogen-bond acceptors (Lipinski definition) is 5. The summed E-state index contributed by atoms with van der Waals surface area (Å²) in [5.74, 6) is 1.09. The number of carbonyl (C=O) groups excluding carboxylic acids is 1. The molecule has 3 heterocycles. The van der Waals surface area contributed by atoms with Gasteiger partial charge in [-0.3, -0.25) is 13.9 Å². The first-order chi connectivity index (χ1) is 15.5. The number of nitrogens with zero attached hydrogens (tertiary/aromatic N) is 3. The molecule has 8 nitrogen and oxygen atoms in total. The Morgan fingerprint density at radius 3 is 2.44 bits per heavy atom. The van der Waals surface area contributed by atoms with Gasteiger partial charge in [0.1, 0.15) is 5.75 Å². The molecule has 3 aliphatic rings. The van der Waals surface area contributed by atoms with Crippen LogP contribution in [0.1, 0.15) is 38.5 Å². The molecule has 3 fully saturated rings. The zero-order valence-corrected chi connectivity index (χ0v) is 19.0. The van der Waals surface area contributed by atoms with Crippen LogP contribution in [0.3, 0.4) is 0 Å². The summed E-state index contributed by atoms with van der Waals surface area (Å²) in [4.78, 5) is 27.9. The summed E-state index contributed by atoms with van der Waals surface area (Å²) >= 11 is 0. The highest BCUT2D eigenvalue weighted by atomic mass is 16.7. The van der Waals surface area contributed by atoms with Crippen molar-refractivity contribution in [3.8, 4) is 5.75 Å². The lowest BCUT2D eigenvalue weighted by molar-refractivity contribution is -0.188. The molecule has 1 aromatic heterocycles. The molecule has 8 heteroatoms. The normalized spacial score (nSPS) is 25.5. The van der Waals surface area contributed by atoms with Crippen molar-refractivity contribution >= 4 is 16.9 Å². The van der Waals surface area contributed by atoms with E-state index in [1.54, 1.807) is 11.7 Å². The molecule has 174 valence electrons. The van der Waals surface area contributed by atoms with E-state index in [1.165, 1.54) is 0 Å². The highest BCUT2D eigenvalue weighted by Crippen LogP contribution is 2.35. The minimum Gasteiger partial charge on any atom is -0.497 e. The van der Waals surface area contributed by atoms with Crippen molar-refractivity contribution in [1.29, 1.82) is 0 Å². The fourth-order valence-corrected chi connectivity index (χ4v) is 5.66. The summed E-state index contributed by atoms with van der Waals surface area (Å²) in [6.07, 6.45) is 5.24. The number of ether oxygens (including phenoxy) is 3. The van der Waals surface area contributed by atoms with Crippen molar-refractivity contribution in [2.75, 3.05) is 33.4 Å². The lowest BCUT2D eigenvalue weighted by Gasteiger charge is -2.39. The van der Waals surface area contributed by atoms with Crippen molar-refractivity contribution in [3.63, 3.8) is 0 Å². The standard InChI is InChI=1S/C24H33N3O5/c1-25-20-8-7-19(30-2)15-21(20)27(23(25)29)16-17-3-5-18(6-4-17)22(28)26-11-9-24(10-12-26)31-13-14-32-24/h7-8,15,17-18H,3-6,9-14,16H2,1-2H3. The summed E-state index contributed by atoms with van der Waals surface area (Å²) in [7, 11) is 3.45. The Morgan fingerprint density at radius 2 is 1.78 bits per heavy atom. The van der Waals surface area contributed by atoms with E-state index in [4.69, 9.17) is 14.2 Å². The molecule has 0 radical (unpaired) electrons. The van der Waals surface area contributed by atoms with E-state index < -0.39 is 5.79 Å². The predicted molar refractivity (Wildman–Crippen MR) is 120 cm³/mol. The van der Waals surface area contributed by atoms with Crippen LogP contribution in [-0.2, 0) is 27.9 Å². The van der Waals surface area contributed by atoms with Crippen LogP contribution in [0.15, 0.2) is 23.0 Å². The van der Waals surface area contributed by atoms with Crippen LogP contribution in [0, 0.1) is 11.8 Å². The molecular formula is C24H33N3O5. The van der Waals surface area contributed by atoms with Crippen molar-refractivity contribution in [2.24, 2.45) is 18.9 Å². The van der Waals surface area contributed by atoms with Gasteiger partial charge in [-0.05, 0) is 43.7 Å². The SMILES string of the molecule is COc1ccc2c(c1)n(CC1CCC(C(=O)N3CCC4(CC3)OCCO4)CC1)c(=O)n2C. The minimum atomic E-state index is -0.442. The lowest BCUT2D eigenvalue weighted by atomic mass is 9.81. The summed E-state index contributed by atoms with van der Waals surface area (Å²) < 4.78 is 20.5. The second-order valence-electron chi connectivity index (χ2n) is 9.46. The third kappa shape index (κ3) is 3.83. The van der Waals surface area contributed by atoms with Gasteiger partial charge in [0.2, 0.25) is 5.91 Å². The summed E-state index contributed by atoms with van der Waals surface area (Å²) in [5.41, 5.74) is 1.83. The zero-order valence-electron chi connectivity index (χ0n) is 19.0. The largest absolute Gasteiger partial charge is 0.497 e. The van der Waals surface area contributed by atoms with E-state index in [0.29, 0.717) is 38.8 Å². The van der Waals surface area contributed by atoms with Crippen LogP contribution < -0.4 is 10.4 Å². The zero-order chi connectivity index (χ0) is 22.3. The first-order valence-electron chi connectivity index (χ1n) is 11.8. The van der Waals surface area contributed by atoms with Gasteiger partial charge in [0, 0.05) is 51.5 Å². The third-order valence-corrected chi connectivity index (χ3v) is 7.64. The van der Waals surface area contributed by atoms with Gasteiger partial charge in [0.25, 0.3) is 0 Å². The Kier molecular flexibility index (Phi) is 5.75. The van der Waals surface area contributed by atoms with Crippen LogP contribution in [-0.4, -0.2) is 59.1 Å².